The van der Waals surface area contributed by atoms with Crippen molar-refractivity contribution < 1.29 is 9.90 Å². The van der Waals surface area contributed by atoms with Crippen molar-refractivity contribution >= 4 is 21.9 Å². The molecule has 1 heterocycles. The van der Waals surface area contributed by atoms with Crippen LogP contribution in [-0.2, 0) is 18.4 Å². The van der Waals surface area contributed by atoms with E-state index in [4.69, 9.17) is 0 Å². The van der Waals surface area contributed by atoms with Gasteiger partial charge < -0.3 is 10.4 Å². The maximum atomic E-state index is 11.4. The lowest BCUT2D eigenvalue weighted by Crippen LogP contribution is -2.40. The molecule has 0 fully saturated rings. The summed E-state index contributed by atoms with van der Waals surface area (Å²) in [5, 5.41) is 16.9. The average molecular weight is 332 g/mol. The minimum Gasteiger partial charge on any atom is -0.481 e. The number of hydrogen-bond acceptors (Lipinski definition) is 3. The minimum atomic E-state index is -0.731. The average Bonchev–Trinajstić information content (AvgIpc) is 2.60. The summed E-state index contributed by atoms with van der Waals surface area (Å²) in [6, 6.07) is 0. The maximum absolute atomic E-state index is 11.4. The number of carboxylic acid groups (broad SMARTS) is 1. The molecule has 0 radical (unpaired) electrons. The molecule has 1 aromatic rings. The molecular formula is C13H22BrN3O2. The van der Waals surface area contributed by atoms with E-state index >= 15 is 0 Å². The molecule has 19 heavy (non-hydrogen) atoms. The van der Waals surface area contributed by atoms with Crippen LogP contribution in [0.1, 0.15) is 38.1 Å². The number of nitrogens with one attached hydrogen (secondary N) is 1. The number of halogens is 1. The van der Waals surface area contributed by atoms with Crippen LogP contribution in [-0.4, -0.2) is 27.4 Å². The van der Waals surface area contributed by atoms with Gasteiger partial charge >= 0.3 is 5.97 Å². The molecule has 0 spiro atoms. The number of aliphatic carboxylic acids is 1. The Hall–Kier alpha value is -0.880. The van der Waals surface area contributed by atoms with E-state index in [2.05, 4.69) is 26.3 Å². The lowest BCUT2D eigenvalue weighted by molar-refractivity contribution is -0.149. The van der Waals surface area contributed by atoms with Gasteiger partial charge in [0.2, 0.25) is 0 Å². The molecule has 0 atom stereocenters. The van der Waals surface area contributed by atoms with Crippen molar-refractivity contribution in [2.75, 3.05) is 6.54 Å². The zero-order valence-corrected chi connectivity index (χ0v) is 13.5. The van der Waals surface area contributed by atoms with Gasteiger partial charge in [0.05, 0.1) is 21.3 Å². The van der Waals surface area contributed by atoms with E-state index in [9.17, 15) is 9.90 Å². The fourth-order valence-electron chi connectivity index (χ4n) is 2.17. The van der Waals surface area contributed by atoms with E-state index in [1.54, 1.807) is 0 Å². The number of rotatable bonds is 7. The van der Waals surface area contributed by atoms with Crippen LogP contribution in [0.3, 0.4) is 0 Å². The standard InChI is InChI=1S/C13H22BrN3O2/c1-5-13(6-2,12(18)19)8-15-7-10-11(14)9(3)16-17(10)4/h15H,5-8H2,1-4H3,(H,18,19). The van der Waals surface area contributed by atoms with Gasteiger partial charge in [-0.3, -0.25) is 9.48 Å². The summed E-state index contributed by atoms with van der Waals surface area (Å²) in [7, 11) is 1.89. The Labute approximate surface area is 122 Å². The molecule has 5 nitrogen and oxygen atoms in total. The second kappa shape index (κ2) is 6.52. The predicted octanol–water partition coefficient (Wildman–Crippen LogP) is 2.47. The van der Waals surface area contributed by atoms with Crippen molar-refractivity contribution in [1.82, 2.24) is 15.1 Å². The van der Waals surface area contributed by atoms with E-state index in [-0.39, 0.29) is 0 Å². The van der Waals surface area contributed by atoms with Crippen molar-refractivity contribution in [2.45, 2.75) is 40.2 Å². The summed E-state index contributed by atoms with van der Waals surface area (Å²) in [6.45, 7) is 6.85. The van der Waals surface area contributed by atoms with Crippen LogP contribution in [0.2, 0.25) is 0 Å². The van der Waals surface area contributed by atoms with Gasteiger partial charge in [-0.2, -0.15) is 5.10 Å². The third-order valence-electron chi connectivity index (χ3n) is 3.82. The fourth-order valence-corrected chi connectivity index (χ4v) is 2.65. The van der Waals surface area contributed by atoms with Gasteiger partial charge in [0, 0.05) is 20.1 Å². The third-order valence-corrected chi connectivity index (χ3v) is 4.86. The molecule has 1 rings (SSSR count). The number of carbonyl (C=O) groups is 1. The number of aromatic nitrogens is 2. The lowest BCUT2D eigenvalue weighted by Gasteiger charge is -2.27. The van der Waals surface area contributed by atoms with Crippen molar-refractivity contribution in [3.05, 3.63) is 15.9 Å². The van der Waals surface area contributed by atoms with Crippen LogP contribution in [0, 0.1) is 12.3 Å². The monoisotopic (exact) mass is 331 g/mol. The molecule has 0 amide bonds. The van der Waals surface area contributed by atoms with E-state index < -0.39 is 11.4 Å². The second-order valence-corrected chi connectivity index (χ2v) is 5.66. The van der Waals surface area contributed by atoms with Crippen LogP contribution < -0.4 is 5.32 Å². The highest BCUT2D eigenvalue weighted by atomic mass is 79.9. The first-order valence-corrected chi connectivity index (χ1v) is 7.29. The Kier molecular flexibility index (Phi) is 5.55. The molecule has 0 saturated carbocycles. The fraction of sp³-hybridized carbons (Fsp3) is 0.692. The van der Waals surface area contributed by atoms with Crippen molar-refractivity contribution in [3.8, 4) is 0 Å². The summed E-state index contributed by atoms with van der Waals surface area (Å²) in [5.74, 6) is -0.731. The van der Waals surface area contributed by atoms with Gasteiger partial charge in [0.25, 0.3) is 0 Å². The van der Waals surface area contributed by atoms with E-state index in [0.29, 0.717) is 25.9 Å². The number of hydrogen-bond donors (Lipinski definition) is 2. The maximum Gasteiger partial charge on any atom is 0.310 e. The van der Waals surface area contributed by atoms with Gasteiger partial charge in [-0.1, -0.05) is 13.8 Å². The second-order valence-electron chi connectivity index (χ2n) is 4.87. The Balaban J connectivity index is 2.70. The largest absolute Gasteiger partial charge is 0.481 e. The molecule has 0 aliphatic carbocycles. The summed E-state index contributed by atoms with van der Waals surface area (Å²) in [5.41, 5.74) is 1.29. The number of carboxylic acids is 1. The van der Waals surface area contributed by atoms with Gasteiger partial charge in [0.15, 0.2) is 0 Å². The Morgan fingerprint density at radius 1 is 1.47 bits per heavy atom. The number of aryl methyl sites for hydroxylation is 2. The van der Waals surface area contributed by atoms with E-state index in [1.165, 1.54) is 0 Å². The molecule has 2 N–H and O–H groups in total. The third kappa shape index (κ3) is 3.36. The van der Waals surface area contributed by atoms with E-state index in [0.717, 1.165) is 15.9 Å². The first kappa shape index (κ1) is 16.2. The van der Waals surface area contributed by atoms with Gasteiger partial charge in [-0.25, -0.2) is 0 Å². The zero-order valence-electron chi connectivity index (χ0n) is 12.0. The summed E-state index contributed by atoms with van der Waals surface area (Å²) < 4.78 is 2.80. The first-order valence-electron chi connectivity index (χ1n) is 6.50. The van der Waals surface area contributed by atoms with Crippen molar-refractivity contribution in [1.29, 1.82) is 0 Å². The highest BCUT2D eigenvalue weighted by Crippen LogP contribution is 2.26. The molecule has 0 bridgehead atoms. The number of nitrogens with zero attached hydrogens (tertiary/aromatic N) is 2. The molecule has 0 unspecified atom stereocenters. The topological polar surface area (TPSA) is 67.2 Å². The van der Waals surface area contributed by atoms with Gasteiger partial charge in [-0.15, -0.1) is 0 Å². The Morgan fingerprint density at radius 2 is 2.05 bits per heavy atom. The molecular weight excluding hydrogens is 310 g/mol. The summed E-state index contributed by atoms with van der Waals surface area (Å²) in [4.78, 5) is 11.4. The lowest BCUT2D eigenvalue weighted by atomic mass is 9.82. The summed E-state index contributed by atoms with van der Waals surface area (Å²) in [6.07, 6.45) is 1.24. The zero-order chi connectivity index (χ0) is 14.6. The van der Waals surface area contributed by atoms with Crippen molar-refractivity contribution in [2.24, 2.45) is 12.5 Å². The van der Waals surface area contributed by atoms with Gasteiger partial charge in [0.1, 0.15) is 0 Å². The molecule has 0 aliphatic heterocycles. The highest BCUT2D eigenvalue weighted by Gasteiger charge is 2.34. The summed E-state index contributed by atoms with van der Waals surface area (Å²) >= 11 is 3.51. The van der Waals surface area contributed by atoms with Crippen LogP contribution in [0.25, 0.3) is 0 Å². The molecule has 108 valence electrons. The predicted molar refractivity (Wildman–Crippen MR) is 78.0 cm³/mol. The smallest absolute Gasteiger partial charge is 0.310 e. The SMILES string of the molecule is CCC(CC)(CNCc1c(Br)c(C)nn1C)C(=O)O. The van der Waals surface area contributed by atoms with Crippen LogP contribution >= 0.6 is 15.9 Å². The molecule has 0 aromatic carbocycles. The van der Waals surface area contributed by atoms with Crippen molar-refractivity contribution in [3.63, 3.8) is 0 Å². The Bertz CT molecular complexity index is 453. The molecule has 0 aliphatic rings. The van der Waals surface area contributed by atoms with Gasteiger partial charge in [-0.05, 0) is 35.7 Å². The minimum absolute atomic E-state index is 0.464. The van der Waals surface area contributed by atoms with E-state index in [1.807, 2.05) is 32.5 Å². The molecule has 0 saturated heterocycles. The quantitative estimate of drug-likeness (QED) is 0.805. The van der Waals surface area contributed by atoms with Crippen LogP contribution in [0.5, 0.6) is 0 Å². The molecule has 1 aromatic heterocycles. The first-order chi connectivity index (χ1) is 8.88. The Morgan fingerprint density at radius 3 is 2.42 bits per heavy atom. The van der Waals surface area contributed by atoms with Crippen LogP contribution in [0.4, 0.5) is 0 Å². The molecule has 6 heteroatoms. The normalized spacial score (nSPS) is 11.8. The highest BCUT2D eigenvalue weighted by molar-refractivity contribution is 9.10. The van der Waals surface area contributed by atoms with Crippen LogP contribution in [0.15, 0.2) is 4.47 Å².